The molecule has 0 aliphatic carbocycles. The Morgan fingerprint density at radius 2 is 1.73 bits per heavy atom. The molecule has 160 valence electrons. The molecule has 0 radical (unpaired) electrons. The number of hydrogen-bond donors (Lipinski definition) is 1. The van der Waals surface area contributed by atoms with E-state index in [0.717, 1.165) is 22.6 Å². The minimum absolute atomic E-state index is 0.257. The van der Waals surface area contributed by atoms with Gasteiger partial charge in [0.05, 0.1) is 18.8 Å². The number of methoxy groups -OCH3 is 1. The molecule has 30 heavy (non-hydrogen) atoms. The third-order valence-corrected chi connectivity index (χ3v) is 4.98. The minimum Gasteiger partial charge on any atom is -0.497 e. The first-order valence-electron chi connectivity index (χ1n) is 10.2. The van der Waals surface area contributed by atoms with E-state index in [0.29, 0.717) is 24.7 Å². The van der Waals surface area contributed by atoms with Gasteiger partial charge in [0.2, 0.25) is 5.88 Å². The Bertz CT molecular complexity index is 952. The van der Waals surface area contributed by atoms with E-state index in [9.17, 15) is 5.11 Å². The van der Waals surface area contributed by atoms with Gasteiger partial charge in [0, 0.05) is 37.8 Å². The minimum atomic E-state index is -0.424. The van der Waals surface area contributed by atoms with Gasteiger partial charge in [0.1, 0.15) is 17.2 Å². The molecule has 3 rings (SSSR count). The standard InChI is InChI=1S/C24H31N3O3/c1-17(2)27(15-18(3)28)16-22-23(19-10-7-6-8-11-19)25-26(4)24(22)30-21-13-9-12-20(14-21)29-5/h6-14,17-18,28H,15-16H2,1-5H3/t18-/m0/s1. The van der Waals surface area contributed by atoms with E-state index in [1.807, 2.05) is 56.4 Å². The number of aryl methyl sites for hydroxylation is 1. The summed E-state index contributed by atoms with van der Waals surface area (Å²) in [7, 11) is 3.53. The topological polar surface area (TPSA) is 59.8 Å². The van der Waals surface area contributed by atoms with Crippen LogP contribution in [0, 0.1) is 0 Å². The van der Waals surface area contributed by atoms with Crippen LogP contribution in [-0.4, -0.2) is 45.6 Å². The molecule has 6 nitrogen and oxygen atoms in total. The number of aliphatic hydroxyl groups excluding tert-OH is 1. The summed E-state index contributed by atoms with van der Waals surface area (Å²) >= 11 is 0. The quantitative estimate of drug-likeness (QED) is 0.565. The fourth-order valence-electron chi connectivity index (χ4n) is 3.43. The third-order valence-electron chi connectivity index (χ3n) is 4.98. The fraction of sp³-hybridized carbons (Fsp3) is 0.375. The van der Waals surface area contributed by atoms with Crippen LogP contribution >= 0.6 is 0 Å². The summed E-state index contributed by atoms with van der Waals surface area (Å²) in [5, 5.41) is 14.8. The van der Waals surface area contributed by atoms with Gasteiger partial charge in [0.25, 0.3) is 0 Å². The van der Waals surface area contributed by atoms with E-state index in [4.69, 9.17) is 14.6 Å². The average molecular weight is 410 g/mol. The van der Waals surface area contributed by atoms with Crippen molar-refractivity contribution in [1.29, 1.82) is 0 Å². The van der Waals surface area contributed by atoms with Gasteiger partial charge in [0.15, 0.2) is 0 Å². The Balaban J connectivity index is 2.05. The smallest absolute Gasteiger partial charge is 0.222 e. The molecule has 0 spiro atoms. The summed E-state index contributed by atoms with van der Waals surface area (Å²) in [6.45, 7) is 7.25. The summed E-state index contributed by atoms with van der Waals surface area (Å²) < 4.78 is 13.4. The van der Waals surface area contributed by atoms with Crippen LogP contribution in [0.25, 0.3) is 11.3 Å². The second kappa shape index (κ2) is 9.78. The first-order valence-corrected chi connectivity index (χ1v) is 10.2. The van der Waals surface area contributed by atoms with Gasteiger partial charge >= 0.3 is 0 Å². The van der Waals surface area contributed by atoms with Crippen molar-refractivity contribution in [3.05, 3.63) is 60.2 Å². The largest absolute Gasteiger partial charge is 0.497 e. The zero-order chi connectivity index (χ0) is 21.7. The van der Waals surface area contributed by atoms with Gasteiger partial charge in [-0.2, -0.15) is 5.10 Å². The summed E-state index contributed by atoms with van der Waals surface area (Å²) in [6.07, 6.45) is -0.424. The third kappa shape index (κ3) is 5.20. The number of ether oxygens (including phenoxy) is 2. The van der Waals surface area contributed by atoms with Crippen molar-refractivity contribution >= 4 is 0 Å². The van der Waals surface area contributed by atoms with E-state index in [2.05, 4.69) is 30.9 Å². The van der Waals surface area contributed by atoms with Crippen LogP contribution in [-0.2, 0) is 13.6 Å². The molecule has 1 aromatic heterocycles. The van der Waals surface area contributed by atoms with Crippen LogP contribution in [0.1, 0.15) is 26.3 Å². The molecule has 6 heteroatoms. The molecular formula is C24H31N3O3. The summed E-state index contributed by atoms with van der Waals surface area (Å²) in [4.78, 5) is 2.23. The van der Waals surface area contributed by atoms with E-state index in [-0.39, 0.29) is 6.04 Å². The Morgan fingerprint density at radius 3 is 2.37 bits per heavy atom. The zero-order valence-electron chi connectivity index (χ0n) is 18.4. The van der Waals surface area contributed by atoms with E-state index >= 15 is 0 Å². The van der Waals surface area contributed by atoms with Crippen LogP contribution in [0.2, 0.25) is 0 Å². The van der Waals surface area contributed by atoms with Crippen molar-refractivity contribution < 1.29 is 14.6 Å². The molecule has 1 atom stereocenters. The second-order valence-corrected chi connectivity index (χ2v) is 7.78. The molecule has 0 amide bonds. The second-order valence-electron chi connectivity index (χ2n) is 7.78. The molecule has 0 aliphatic rings. The molecule has 0 unspecified atom stereocenters. The maximum absolute atomic E-state index is 10.00. The van der Waals surface area contributed by atoms with Crippen molar-refractivity contribution in [2.45, 2.75) is 39.5 Å². The Hall–Kier alpha value is -2.83. The molecule has 1 heterocycles. The van der Waals surface area contributed by atoms with Gasteiger partial charge in [-0.3, -0.25) is 4.90 Å². The number of benzene rings is 2. The summed E-state index contributed by atoms with van der Waals surface area (Å²) in [5.41, 5.74) is 2.90. The number of nitrogens with zero attached hydrogens (tertiary/aromatic N) is 3. The van der Waals surface area contributed by atoms with Gasteiger partial charge in [-0.25, -0.2) is 4.68 Å². The lowest BCUT2D eigenvalue weighted by atomic mass is 10.1. The van der Waals surface area contributed by atoms with Crippen LogP contribution in [0.3, 0.4) is 0 Å². The fourth-order valence-corrected chi connectivity index (χ4v) is 3.43. The van der Waals surface area contributed by atoms with Crippen molar-refractivity contribution in [2.75, 3.05) is 13.7 Å². The lowest BCUT2D eigenvalue weighted by molar-refractivity contribution is 0.102. The van der Waals surface area contributed by atoms with Gasteiger partial charge in [-0.1, -0.05) is 36.4 Å². The van der Waals surface area contributed by atoms with Gasteiger partial charge in [-0.05, 0) is 32.9 Å². The molecule has 0 aliphatic heterocycles. The Kier molecular flexibility index (Phi) is 7.13. The molecular weight excluding hydrogens is 378 g/mol. The monoisotopic (exact) mass is 409 g/mol. The van der Waals surface area contributed by atoms with Crippen molar-refractivity contribution in [1.82, 2.24) is 14.7 Å². The van der Waals surface area contributed by atoms with Crippen molar-refractivity contribution in [3.63, 3.8) is 0 Å². The molecule has 0 saturated heterocycles. The Labute approximate surface area is 178 Å². The predicted octanol–water partition coefficient (Wildman–Crippen LogP) is 4.48. The van der Waals surface area contributed by atoms with Crippen molar-refractivity contribution in [3.8, 4) is 28.6 Å². The van der Waals surface area contributed by atoms with Crippen LogP contribution in [0.15, 0.2) is 54.6 Å². The molecule has 0 bridgehead atoms. The van der Waals surface area contributed by atoms with Gasteiger partial charge < -0.3 is 14.6 Å². The normalized spacial score (nSPS) is 12.4. The zero-order valence-corrected chi connectivity index (χ0v) is 18.4. The van der Waals surface area contributed by atoms with Gasteiger partial charge in [-0.15, -0.1) is 0 Å². The molecule has 0 saturated carbocycles. The predicted molar refractivity (Wildman–Crippen MR) is 119 cm³/mol. The highest BCUT2D eigenvalue weighted by Crippen LogP contribution is 2.35. The lowest BCUT2D eigenvalue weighted by Crippen LogP contribution is -2.36. The number of hydrogen-bond acceptors (Lipinski definition) is 5. The maximum Gasteiger partial charge on any atom is 0.222 e. The maximum atomic E-state index is 10.00. The SMILES string of the molecule is COc1cccc(Oc2c(CN(C[C@H](C)O)C(C)C)c(-c3ccccc3)nn2C)c1. The van der Waals surface area contributed by atoms with Crippen molar-refractivity contribution in [2.24, 2.45) is 7.05 Å². The molecule has 0 fully saturated rings. The highest BCUT2D eigenvalue weighted by Gasteiger charge is 2.24. The molecule has 3 aromatic rings. The van der Waals surface area contributed by atoms with E-state index in [1.54, 1.807) is 11.8 Å². The number of aromatic nitrogens is 2. The van der Waals surface area contributed by atoms with E-state index < -0.39 is 6.10 Å². The Morgan fingerprint density at radius 1 is 1.03 bits per heavy atom. The van der Waals surface area contributed by atoms with E-state index in [1.165, 1.54) is 0 Å². The summed E-state index contributed by atoms with van der Waals surface area (Å²) in [6, 6.07) is 17.9. The van der Waals surface area contributed by atoms with Crippen LogP contribution < -0.4 is 9.47 Å². The van der Waals surface area contributed by atoms with Crippen LogP contribution in [0.5, 0.6) is 17.4 Å². The average Bonchev–Trinajstić information content (AvgIpc) is 3.03. The highest BCUT2D eigenvalue weighted by atomic mass is 16.5. The first-order chi connectivity index (χ1) is 14.4. The highest BCUT2D eigenvalue weighted by molar-refractivity contribution is 5.65. The molecule has 2 aromatic carbocycles. The molecule has 1 N–H and O–H groups in total. The summed E-state index contributed by atoms with van der Waals surface area (Å²) in [5.74, 6) is 2.10. The number of aliphatic hydroxyl groups is 1. The van der Waals surface area contributed by atoms with Crippen LogP contribution in [0.4, 0.5) is 0 Å². The first kappa shape index (κ1) is 21.9. The number of rotatable bonds is 9. The lowest BCUT2D eigenvalue weighted by Gasteiger charge is -2.28.